The zero-order valence-corrected chi connectivity index (χ0v) is 25.4. The summed E-state index contributed by atoms with van der Waals surface area (Å²) < 4.78 is 324. The van der Waals surface area contributed by atoms with E-state index >= 15 is 0 Å². The van der Waals surface area contributed by atoms with Crippen LogP contribution in [0, 0.1) is 0 Å². The minimum atomic E-state index is -8.16. The van der Waals surface area contributed by atoms with E-state index in [-0.39, 0.29) is 23.5 Å². The van der Waals surface area contributed by atoms with Crippen LogP contribution in [0.15, 0.2) is 36.4 Å². The van der Waals surface area contributed by atoms with Crippen molar-refractivity contribution >= 4 is 34.0 Å². The van der Waals surface area contributed by atoms with Crippen molar-refractivity contribution in [2.45, 2.75) is 72.1 Å². The molecule has 0 amide bonds. The third-order valence-corrected chi connectivity index (χ3v) is 10.3. The number of rotatable bonds is 12. The zero-order chi connectivity index (χ0) is 40.0. The van der Waals surface area contributed by atoms with E-state index in [4.69, 9.17) is 0 Å². The van der Waals surface area contributed by atoms with Gasteiger partial charge in [0, 0.05) is 19.5 Å². The van der Waals surface area contributed by atoms with E-state index < -0.39 is 124 Å². The maximum atomic E-state index is 14.5. The fourth-order valence-corrected chi connectivity index (χ4v) is 6.96. The summed E-state index contributed by atoms with van der Waals surface area (Å²) in [6.45, 7) is 0. The molecule has 3 rings (SSSR count). The molecule has 3 aromatic rings. The standard InChI is InChI=1S/C24H8F24S3/c25-14(26,7-15(27,28)29)18(34,35)19(36,37)16(30,31)12-5-3-10(50-12)8-1-2-9(49-8)11-4-6-13(51-11)17(32,33)20(38,39)21(40,41)22(42,43)23(44,45)24(46,47)48/h1-6H,7H2. The summed E-state index contributed by atoms with van der Waals surface area (Å²) in [5.41, 5.74) is 0. The molecule has 3 heterocycles. The van der Waals surface area contributed by atoms with E-state index in [0.717, 1.165) is 12.1 Å². The van der Waals surface area contributed by atoms with Gasteiger partial charge in [0.1, 0.15) is 6.42 Å². The first kappa shape index (κ1) is 42.8. The number of halogens is 24. The Morgan fingerprint density at radius 3 is 0.961 bits per heavy atom. The van der Waals surface area contributed by atoms with Crippen molar-refractivity contribution in [1.29, 1.82) is 0 Å². The molecule has 290 valence electrons. The van der Waals surface area contributed by atoms with E-state index in [2.05, 4.69) is 0 Å². The van der Waals surface area contributed by atoms with Crippen LogP contribution in [0.4, 0.5) is 105 Å². The van der Waals surface area contributed by atoms with Crippen molar-refractivity contribution in [2.24, 2.45) is 0 Å². The Morgan fingerprint density at radius 2 is 0.627 bits per heavy atom. The largest absolute Gasteiger partial charge is 0.460 e. The second-order valence-corrected chi connectivity index (χ2v) is 13.3. The van der Waals surface area contributed by atoms with Crippen molar-refractivity contribution in [2.75, 3.05) is 0 Å². The quantitative estimate of drug-likeness (QED) is 0.159. The van der Waals surface area contributed by atoms with Gasteiger partial charge in [0.2, 0.25) is 0 Å². The minimum Gasteiger partial charge on any atom is -0.199 e. The summed E-state index contributed by atoms with van der Waals surface area (Å²) in [7, 11) is 0. The summed E-state index contributed by atoms with van der Waals surface area (Å²) in [5, 5.41) is 0. The topological polar surface area (TPSA) is 0 Å². The normalized spacial score (nSPS) is 15.5. The summed E-state index contributed by atoms with van der Waals surface area (Å²) in [5.74, 6) is -66.0. The lowest BCUT2D eigenvalue weighted by Gasteiger charge is -2.39. The summed E-state index contributed by atoms with van der Waals surface area (Å²) in [6, 6.07) is 2.14. The van der Waals surface area contributed by atoms with Gasteiger partial charge in [0.25, 0.3) is 0 Å². The Balaban J connectivity index is 1.95. The number of thiophene rings is 3. The maximum absolute atomic E-state index is 14.5. The van der Waals surface area contributed by atoms with Gasteiger partial charge in [-0.3, -0.25) is 0 Å². The molecule has 3 aromatic heterocycles. The predicted molar refractivity (Wildman–Crippen MR) is 130 cm³/mol. The number of alkyl halides is 24. The van der Waals surface area contributed by atoms with Crippen molar-refractivity contribution in [3.8, 4) is 19.5 Å². The van der Waals surface area contributed by atoms with Crippen molar-refractivity contribution in [1.82, 2.24) is 0 Å². The highest BCUT2D eigenvalue weighted by atomic mass is 32.1. The van der Waals surface area contributed by atoms with Gasteiger partial charge >= 0.3 is 65.7 Å². The molecule has 0 aliphatic rings. The van der Waals surface area contributed by atoms with Gasteiger partial charge in [-0.1, -0.05) is 0 Å². The smallest absolute Gasteiger partial charge is 0.199 e. The second-order valence-electron chi connectivity index (χ2n) is 10.1. The Labute approximate surface area is 277 Å². The summed E-state index contributed by atoms with van der Waals surface area (Å²) in [4.78, 5) is -6.73. The summed E-state index contributed by atoms with van der Waals surface area (Å²) >= 11 is -1.01. The van der Waals surface area contributed by atoms with Gasteiger partial charge in [0.15, 0.2) is 0 Å². The number of hydrogen-bond donors (Lipinski definition) is 0. The van der Waals surface area contributed by atoms with Crippen LogP contribution in [0.25, 0.3) is 19.5 Å². The van der Waals surface area contributed by atoms with Crippen LogP contribution >= 0.6 is 34.0 Å². The predicted octanol–water partition coefficient (Wildman–Crippen LogP) is 13.4. The Bertz CT molecular complexity index is 1700. The first-order valence-electron chi connectivity index (χ1n) is 12.2. The fraction of sp³-hybridized carbons (Fsp3) is 0.500. The Kier molecular flexibility index (Phi) is 10.3. The highest BCUT2D eigenvalue weighted by Gasteiger charge is 2.91. The molecule has 0 aromatic carbocycles. The van der Waals surface area contributed by atoms with E-state index in [0.29, 0.717) is 12.1 Å². The molecule has 0 nitrogen and oxygen atoms in total. The Hall–Kier alpha value is -2.58. The van der Waals surface area contributed by atoms with Gasteiger partial charge in [-0.05, 0) is 36.4 Å². The van der Waals surface area contributed by atoms with E-state index in [1.165, 1.54) is 0 Å². The molecule has 0 aliphatic heterocycles. The molecule has 0 aliphatic carbocycles. The third kappa shape index (κ3) is 6.53. The third-order valence-electron chi connectivity index (χ3n) is 6.53. The fourth-order valence-electron chi connectivity index (χ4n) is 3.75. The molecule has 0 spiro atoms. The highest BCUT2D eigenvalue weighted by Crippen LogP contribution is 2.63. The molecule has 27 heteroatoms. The van der Waals surface area contributed by atoms with Crippen molar-refractivity contribution < 1.29 is 105 Å². The SMILES string of the molecule is FC(F)(F)CC(F)(F)C(F)(F)C(F)(F)C(F)(F)c1ccc(-c2ccc(-c3ccc(C(F)(F)C(F)(F)C(F)(F)C(F)(F)C(F)(F)C(F)(F)F)s3)s2)s1. The average Bonchev–Trinajstić information content (AvgIpc) is 3.71. The lowest BCUT2D eigenvalue weighted by Crippen LogP contribution is -2.69. The van der Waals surface area contributed by atoms with Crippen molar-refractivity contribution in [3.63, 3.8) is 0 Å². The molecule has 0 bridgehead atoms. The van der Waals surface area contributed by atoms with E-state index in [1.54, 1.807) is 0 Å². The van der Waals surface area contributed by atoms with Gasteiger partial charge in [-0.25, -0.2) is 0 Å². The molecule has 0 saturated heterocycles. The molecule has 0 unspecified atom stereocenters. The molecule has 51 heavy (non-hydrogen) atoms. The van der Waals surface area contributed by atoms with E-state index in [9.17, 15) is 105 Å². The summed E-state index contributed by atoms with van der Waals surface area (Å²) in [6.07, 6.45) is -17.8. The van der Waals surface area contributed by atoms with Gasteiger partial charge in [-0.15, -0.1) is 34.0 Å². The lowest BCUT2D eigenvalue weighted by molar-refractivity contribution is -0.441. The molecule has 0 radical (unpaired) electrons. The first-order chi connectivity index (χ1) is 22.4. The van der Waals surface area contributed by atoms with E-state index in [1.807, 2.05) is 0 Å². The van der Waals surface area contributed by atoms with Crippen LogP contribution in [0.5, 0.6) is 0 Å². The van der Waals surface area contributed by atoms with Gasteiger partial charge < -0.3 is 0 Å². The lowest BCUT2D eigenvalue weighted by atomic mass is 9.93. The number of hydrogen-bond acceptors (Lipinski definition) is 3. The molecular weight excluding hydrogens is 840 g/mol. The van der Waals surface area contributed by atoms with Crippen LogP contribution in [-0.2, 0) is 11.8 Å². The molecule has 0 saturated carbocycles. The van der Waals surface area contributed by atoms with Gasteiger partial charge in [-0.2, -0.15) is 105 Å². The van der Waals surface area contributed by atoms with Crippen LogP contribution in [0.2, 0.25) is 0 Å². The van der Waals surface area contributed by atoms with Gasteiger partial charge in [0.05, 0.1) is 9.75 Å². The Morgan fingerprint density at radius 1 is 0.333 bits per heavy atom. The maximum Gasteiger partial charge on any atom is 0.460 e. The first-order valence-corrected chi connectivity index (χ1v) is 14.6. The molecule has 0 fully saturated rings. The highest BCUT2D eigenvalue weighted by molar-refractivity contribution is 7.26. The molecule has 0 atom stereocenters. The molecule has 0 N–H and O–H groups in total. The second kappa shape index (κ2) is 12.2. The van der Waals surface area contributed by atoms with Crippen LogP contribution in [0.3, 0.4) is 0 Å². The zero-order valence-electron chi connectivity index (χ0n) is 23.0. The molecular formula is C24H8F24S3. The average molecular weight is 848 g/mol. The van der Waals surface area contributed by atoms with Crippen molar-refractivity contribution in [3.05, 3.63) is 46.2 Å². The monoisotopic (exact) mass is 848 g/mol. The minimum absolute atomic E-state index is 0.0462. The van der Waals surface area contributed by atoms with Crippen LogP contribution in [-0.4, -0.2) is 53.8 Å². The van der Waals surface area contributed by atoms with Crippen LogP contribution < -0.4 is 0 Å². The van der Waals surface area contributed by atoms with Crippen LogP contribution in [0.1, 0.15) is 16.2 Å².